The van der Waals surface area contributed by atoms with Crippen molar-refractivity contribution in [2.24, 2.45) is 5.10 Å². The number of nitrogens with one attached hydrogen (secondary N) is 1. The molecule has 0 unspecified atom stereocenters. The largest absolute Gasteiger partial charge is 0.398 e. The molecule has 0 bridgehead atoms. The van der Waals surface area contributed by atoms with Crippen molar-refractivity contribution in [2.45, 2.75) is 32.7 Å². The second-order valence-corrected chi connectivity index (χ2v) is 5.34. The Morgan fingerprint density at radius 1 is 1.30 bits per heavy atom. The van der Waals surface area contributed by atoms with E-state index in [1.54, 1.807) is 24.3 Å². The van der Waals surface area contributed by atoms with Gasteiger partial charge in [0.05, 0.1) is 5.56 Å². The van der Waals surface area contributed by atoms with Crippen LogP contribution in [0.2, 0.25) is 0 Å². The zero-order valence-electron chi connectivity index (χ0n) is 12.1. The molecule has 1 amide bonds. The number of nitrogens with zero attached hydrogens (tertiary/aromatic N) is 2. The number of carbonyl (C=O) groups excluding carboxylic acids is 1. The van der Waals surface area contributed by atoms with Gasteiger partial charge in [0.1, 0.15) is 0 Å². The molecule has 1 fully saturated rings. The van der Waals surface area contributed by atoms with E-state index in [1.165, 1.54) is 0 Å². The fraction of sp³-hybridized carbons (Fsp3) is 0.467. The van der Waals surface area contributed by atoms with E-state index in [0.717, 1.165) is 31.6 Å². The second-order valence-electron chi connectivity index (χ2n) is 5.34. The highest BCUT2D eigenvalue weighted by molar-refractivity contribution is 5.99. The van der Waals surface area contributed by atoms with E-state index in [0.29, 0.717) is 17.3 Å². The van der Waals surface area contributed by atoms with Gasteiger partial charge in [0.2, 0.25) is 0 Å². The minimum Gasteiger partial charge on any atom is -0.398 e. The quantitative estimate of drug-likeness (QED) is 0.653. The van der Waals surface area contributed by atoms with E-state index in [1.807, 2.05) is 0 Å². The predicted molar refractivity (Wildman–Crippen MR) is 81.7 cm³/mol. The van der Waals surface area contributed by atoms with Crippen LogP contribution >= 0.6 is 0 Å². The SMILES string of the molecule is CC(C)N1CCC(=NNC(=O)c2ccccc2N)CC1. The fourth-order valence-electron chi connectivity index (χ4n) is 2.30. The summed E-state index contributed by atoms with van der Waals surface area (Å²) >= 11 is 0. The van der Waals surface area contributed by atoms with Gasteiger partial charge < -0.3 is 10.6 Å². The van der Waals surface area contributed by atoms with Crippen LogP contribution in [0.15, 0.2) is 29.4 Å². The first-order valence-corrected chi connectivity index (χ1v) is 7.02. The number of carbonyl (C=O) groups is 1. The number of likely N-dealkylation sites (tertiary alicyclic amines) is 1. The molecule has 5 heteroatoms. The van der Waals surface area contributed by atoms with Crippen molar-refractivity contribution in [3.05, 3.63) is 29.8 Å². The first-order chi connectivity index (χ1) is 9.58. The Balaban J connectivity index is 1.91. The van der Waals surface area contributed by atoms with E-state index in [9.17, 15) is 4.79 Å². The predicted octanol–water partition coefficient (Wildman–Crippen LogP) is 1.86. The first kappa shape index (κ1) is 14.5. The second kappa shape index (κ2) is 6.52. The normalized spacial score (nSPS) is 16.2. The van der Waals surface area contributed by atoms with E-state index >= 15 is 0 Å². The van der Waals surface area contributed by atoms with Gasteiger partial charge in [0.25, 0.3) is 5.91 Å². The van der Waals surface area contributed by atoms with Crippen molar-refractivity contribution in [1.29, 1.82) is 0 Å². The number of rotatable bonds is 3. The summed E-state index contributed by atoms with van der Waals surface area (Å²) < 4.78 is 0. The van der Waals surface area contributed by atoms with E-state index < -0.39 is 0 Å². The number of nitrogen functional groups attached to an aromatic ring is 1. The first-order valence-electron chi connectivity index (χ1n) is 7.02. The average Bonchev–Trinajstić information content (AvgIpc) is 2.45. The number of anilines is 1. The smallest absolute Gasteiger partial charge is 0.273 e. The summed E-state index contributed by atoms with van der Waals surface area (Å²) in [6.07, 6.45) is 1.81. The number of benzene rings is 1. The Morgan fingerprint density at radius 2 is 1.95 bits per heavy atom. The maximum atomic E-state index is 12.0. The standard InChI is InChI=1S/C15H22N4O/c1-11(2)19-9-7-12(8-10-19)17-18-15(20)13-5-3-4-6-14(13)16/h3-6,11H,7-10,16H2,1-2H3,(H,18,20). The molecule has 3 N–H and O–H groups in total. The van der Waals surface area contributed by atoms with Crippen LogP contribution in [0.1, 0.15) is 37.0 Å². The molecule has 1 saturated heterocycles. The summed E-state index contributed by atoms with van der Waals surface area (Å²) in [7, 11) is 0. The van der Waals surface area contributed by atoms with E-state index in [-0.39, 0.29) is 5.91 Å². The lowest BCUT2D eigenvalue weighted by Gasteiger charge is -2.30. The lowest BCUT2D eigenvalue weighted by molar-refractivity contribution is 0.0955. The highest BCUT2D eigenvalue weighted by Gasteiger charge is 2.17. The lowest BCUT2D eigenvalue weighted by atomic mass is 10.1. The zero-order chi connectivity index (χ0) is 14.5. The molecule has 0 saturated carbocycles. The average molecular weight is 274 g/mol. The van der Waals surface area contributed by atoms with Crippen molar-refractivity contribution in [2.75, 3.05) is 18.8 Å². The van der Waals surface area contributed by atoms with Gasteiger partial charge in [-0.2, -0.15) is 5.10 Å². The van der Waals surface area contributed by atoms with Gasteiger partial charge in [-0.3, -0.25) is 4.79 Å². The molecular formula is C15H22N4O. The minimum absolute atomic E-state index is 0.248. The number of piperidine rings is 1. The van der Waals surface area contributed by atoms with Gasteiger partial charge >= 0.3 is 0 Å². The van der Waals surface area contributed by atoms with Crippen molar-refractivity contribution >= 4 is 17.3 Å². The summed E-state index contributed by atoms with van der Waals surface area (Å²) in [6.45, 7) is 6.39. The van der Waals surface area contributed by atoms with Gasteiger partial charge in [-0.05, 0) is 26.0 Å². The third-order valence-electron chi connectivity index (χ3n) is 3.63. The van der Waals surface area contributed by atoms with Crippen LogP contribution in [0.5, 0.6) is 0 Å². The molecular weight excluding hydrogens is 252 g/mol. The Hall–Kier alpha value is -1.88. The molecule has 1 aromatic carbocycles. The van der Waals surface area contributed by atoms with Gasteiger partial charge in [-0.1, -0.05) is 12.1 Å². The molecule has 1 aromatic rings. The Morgan fingerprint density at radius 3 is 2.55 bits per heavy atom. The lowest BCUT2D eigenvalue weighted by Crippen LogP contribution is -2.39. The van der Waals surface area contributed by atoms with Crippen molar-refractivity contribution in [1.82, 2.24) is 10.3 Å². The summed E-state index contributed by atoms with van der Waals surface area (Å²) in [6, 6.07) is 7.57. The van der Waals surface area contributed by atoms with Crippen LogP contribution < -0.4 is 11.2 Å². The molecule has 20 heavy (non-hydrogen) atoms. The van der Waals surface area contributed by atoms with Crippen LogP contribution in [0.25, 0.3) is 0 Å². The molecule has 0 radical (unpaired) electrons. The van der Waals surface area contributed by atoms with Crippen LogP contribution in [0.3, 0.4) is 0 Å². The van der Waals surface area contributed by atoms with Crippen LogP contribution in [-0.2, 0) is 0 Å². The topological polar surface area (TPSA) is 70.7 Å². The summed E-state index contributed by atoms with van der Waals surface area (Å²) in [5, 5.41) is 4.23. The Kier molecular flexibility index (Phi) is 4.74. The van der Waals surface area contributed by atoms with Crippen molar-refractivity contribution < 1.29 is 4.79 Å². The summed E-state index contributed by atoms with van der Waals surface area (Å²) in [5.74, 6) is -0.248. The van der Waals surface area contributed by atoms with Crippen molar-refractivity contribution in [3.63, 3.8) is 0 Å². The van der Waals surface area contributed by atoms with E-state index in [4.69, 9.17) is 5.73 Å². The zero-order valence-corrected chi connectivity index (χ0v) is 12.1. The third kappa shape index (κ3) is 3.57. The molecule has 108 valence electrons. The number of amides is 1. The summed E-state index contributed by atoms with van der Waals surface area (Å²) in [4.78, 5) is 14.4. The maximum absolute atomic E-state index is 12.0. The number of nitrogens with two attached hydrogens (primary N) is 1. The van der Waals surface area contributed by atoms with Gasteiger partial charge in [0, 0.05) is 43.4 Å². The number of hydrogen-bond acceptors (Lipinski definition) is 4. The van der Waals surface area contributed by atoms with Gasteiger partial charge in [-0.25, -0.2) is 5.43 Å². The molecule has 1 aliphatic heterocycles. The monoisotopic (exact) mass is 274 g/mol. The molecule has 5 nitrogen and oxygen atoms in total. The van der Waals surface area contributed by atoms with Crippen LogP contribution in [0.4, 0.5) is 5.69 Å². The molecule has 2 rings (SSSR count). The highest BCUT2D eigenvalue weighted by Crippen LogP contribution is 2.12. The highest BCUT2D eigenvalue weighted by atomic mass is 16.2. The molecule has 0 spiro atoms. The summed E-state index contributed by atoms with van der Waals surface area (Å²) in [5.41, 5.74) is 10.4. The number of hydrogen-bond donors (Lipinski definition) is 2. The number of para-hydroxylation sites is 1. The molecule has 0 aromatic heterocycles. The van der Waals surface area contributed by atoms with Gasteiger partial charge in [0.15, 0.2) is 0 Å². The third-order valence-corrected chi connectivity index (χ3v) is 3.63. The van der Waals surface area contributed by atoms with Crippen LogP contribution in [-0.4, -0.2) is 35.7 Å². The molecule has 0 atom stereocenters. The Labute approximate surface area is 119 Å². The maximum Gasteiger partial charge on any atom is 0.273 e. The molecule has 0 aliphatic carbocycles. The van der Waals surface area contributed by atoms with Crippen LogP contribution in [0, 0.1) is 0 Å². The molecule has 1 heterocycles. The number of hydrazone groups is 1. The molecule has 1 aliphatic rings. The van der Waals surface area contributed by atoms with Gasteiger partial charge in [-0.15, -0.1) is 0 Å². The van der Waals surface area contributed by atoms with Crippen molar-refractivity contribution in [3.8, 4) is 0 Å². The Bertz CT molecular complexity index is 500. The fourth-order valence-corrected chi connectivity index (χ4v) is 2.30. The van der Waals surface area contributed by atoms with E-state index in [2.05, 4.69) is 29.3 Å². The minimum atomic E-state index is -0.248.